The number of hydrogen-bond donors (Lipinski definition) is 2. The van der Waals surface area contributed by atoms with E-state index in [0.29, 0.717) is 18.1 Å². The van der Waals surface area contributed by atoms with Crippen LogP contribution in [-0.4, -0.2) is 32.8 Å². The highest BCUT2D eigenvalue weighted by atomic mass is 32.2. The summed E-state index contributed by atoms with van der Waals surface area (Å²) in [5.41, 5.74) is 0. The van der Waals surface area contributed by atoms with Crippen LogP contribution in [0.4, 0.5) is 11.6 Å². The number of methoxy groups -OCH3 is 2. The van der Waals surface area contributed by atoms with Crippen LogP contribution in [0.1, 0.15) is 5.76 Å². The predicted octanol–water partition coefficient (Wildman–Crippen LogP) is 2.50. The average molecular weight is 390 g/mol. The number of nitrogens with one attached hydrogen (secondary N) is 2. The van der Waals surface area contributed by atoms with Gasteiger partial charge in [0.05, 0.1) is 27.0 Å². The number of ether oxygens (including phenoxy) is 2. The van der Waals surface area contributed by atoms with Gasteiger partial charge in [0.1, 0.15) is 28.0 Å². The molecule has 0 bridgehead atoms. The number of sulfonamides is 1. The van der Waals surface area contributed by atoms with E-state index in [2.05, 4.69) is 20.2 Å². The molecule has 0 atom stereocenters. The Bertz CT molecular complexity index is 989. The van der Waals surface area contributed by atoms with Gasteiger partial charge in [0.2, 0.25) is 0 Å². The Morgan fingerprint density at radius 1 is 1.04 bits per heavy atom. The van der Waals surface area contributed by atoms with Gasteiger partial charge in [-0.25, -0.2) is 8.42 Å². The molecule has 10 heteroatoms. The largest absolute Gasteiger partial charge is 0.497 e. The standard InChI is InChI=1S/C17H18N4O5S/c1-24-12-5-6-15(14(10-12)25-2)27(22,23)21-17-8-7-16(19-20-17)18-11-13-4-3-9-26-13/h3-10H,11H2,1-2H3,(H,18,19)(H,20,21). The van der Waals surface area contributed by atoms with Crippen molar-refractivity contribution in [2.24, 2.45) is 0 Å². The van der Waals surface area contributed by atoms with E-state index >= 15 is 0 Å². The second kappa shape index (κ2) is 7.96. The fourth-order valence-electron chi connectivity index (χ4n) is 2.26. The molecular weight excluding hydrogens is 372 g/mol. The molecule has 0 unspecified atom stereocenters. The van der Waals surface area contributed by atoms with Crippen molar-refractivity contribution in [2.75, 3.05) is 24.3 Å². The summed E-state index contributed by atoms with van der Waals surface area (Å²) in [6, 6.07) is 11.1. The van der Waals surface area contributed by atoms with E-state index in [1.54, 1.807) is 18.4 Å². The number of rotatable bonds is 8. The van der Waals surface area contributed by atoms with Gasteiger partial charge in [0, 0.05) is 6.07 Å². The summed E-state index contributed by atoms with van der Waals surface area (Å²) < 4.78 is 43.0. The van der Waals surface area contributed by atoms with Crippen molar-refractivity contribution in [1.29, 1.82) is 0 Å². The fraction of sp³-hybridized carbons (Fsp3) is 0.176. The second-order valence-corrected chi connectivity index (χ2v) is 7.01. The van der Waals surface area contributed by atoms with Crippen molar-refractivity contribution in [2.45, 2.75) is 11.4 Å². The predicted molar refractivity (Wildman–Crippen MR) is 98.4 cm³/mol. The van der Waals surface area contributed by atoms with Gasteiger partial charge in [-0.15, -0.1) is 10.2 Å². The van der Waals surface area contributed by atoms with Crippen molar-refractivity contribution in [3.05, 3.63) is 54.5 Å². The molecule has 0 aliphatic carbocycles. The molecule has 0 radical (unpaired) electrons. The number of benzene rings is 1. The molecule has 142 valence electrons. The van der Waals surface area contributed by atoms with Crippen molar-refractivity contribution < 1.29 is 22.3 Å². The van der Waals surface area contributed by atoms with Crippen molar-refractivity contribution in [3.63, 3.8) is 0 Å². The van der Waals surface area contributed by atoms with Gasteiger partial charge in [0.25, 0.3) is 10.0 Å². The van der Waals surface area contributed by atoms with E-state index in [4.69, 9.17) is 13.9 Å². The van der Waals surface area contributed by atoms with E-state index in [1.807, 2.05) is 6.07 Å². The van der Waals surface area contributed by atoms with Crippen LogP contribution in [0.3, 0.4) is 0 Å². The third kappa shape index (κ3) is 4.47. The van der Waals surface area contributed by atoms with Crippen LogP contribution < -0.4 is 19.5 Å². The van der Waals surface area contributed by atoms with E-state index in [9.17, 15) is 8.42 Å². The maximum Gasteiger partial charge on any atom is 0.266 e. The molecule has 9 nitrogen and oxygen atoms in total. The van der Waals surface area contributed by atoms with Crippen LogP contribution in [0.25, 0.3) is 0 Å². The molecule has 0 aliphatic heterocycles. The summed E-state index contributed by atoms with van der Waals surface area (Å²) in [6.45, 7) is 0.440. The van der Waals surface area contributed by atoms with Gasteiger partial charge in [-0.3, -0.25) is 4.72 Å². The van der Waals surface area contributed by atoms with Crippen LogP contribution in [-0.2, 0) is 16.6 Å². The Labute approximate surface area is 156 Å². The molecule has 0 saturated carbocycles. The lowest BCUT2D eigenvalue weighted by atomic mass is 10.3. The van der Waals surface area contributed by atoms with E-state index in [-0.39, 0.29) is 16.5 Å². The molecule has 0 saturated heterocycles. The highest BCUT2D eigenvalue weighted by Gasteiger charge is 2.21. The normalized spacial score (nSPS) is 11.0. The summed E-state index contributed by atoms with van der Waals surface area (Å²) in [5, 5.41) is 10.8. The molecule has 0 fully saturated rings. The first-order valence-corrected chi connectivity index (χ1v) is 9.35. The lowest BCUT2D eigenvalue weighted by molar-refractivity contribution is 0.386. The fourth-order valence-corrected chi connectivity index (χ4v) is 3.41. The summed E-state index contributed by atoms with van der Waals surface area (Å²) in [5.74, 6) is 1.95. The van der Waals surface area contributed by atoms with Gasteiger partial charge >= 0.3 is 0 Å². The first kappa shape index (κ1) is 18.5. The lowest BCUT2D eigenvalue weighted by Gasteiger charge is -2.12. The minimum atomic E-state index is -3.91. The summed E-state index contributed by atoms with van der Waals surface area (Å²) in [6.07, 6.45) is 1.58. The van der Waals surface area contributed by atoms with Crippen LogP contribution >= 0.6 is 0 Å². The second-order valence-electron chi connectivity index (χ2n) is 5.36. The van der Waals surface area contributed by atoms with Crippen LogP contribution in [0, 0.1) is 0 Å². The van der Waals surface area contributed by atoms with Crippen molar-refractivity contribution >= 4 is 21.7 Å². The number of nitrogens with zero attached hydrogens (tertiary/aromatic N) is 2. The summed E-state index contributed by atoms with van der Waals surface area (Å²) in [7, 11) is -1.04. The molecule has 3 rings (SSSR count). The first-order valence-electron chi connectivity index (χ1n) is 7.86. The molecule has 0 spiro atoms. The minimum absolute atomic E-state index is 0.0346. The molecule has 0 amide bonds. The Hall–Kier alpha value is -3.27. The maximum atomic E-state index is 12.6. The van der Waals surface area contributed by atoms with E-state index in [1.165, 1.54) is 38.5 Å². The topological polar surface area (TPSA) is 116 Å². The van der Waals surface area contributed by atoms with Crippen LogP contribution in [0.2, 0.25) is 0 Å². The quantitative estimate of drug-likeness (QED) is 0.603. The van der Waals surface area contributed by atoms with Gasteiger partial charge in [-0.05, 0) is 36.4 Å². The van der Waals surface area contributed by atoms with Crippen molar-refractivity contribution in [3.8, 4) is 11.5 Å². The van der Waals surface area contributed by atoms with Crippen LogP contribution in [0.15, 0.2) is 58.0 Å². The Morgan fingerprint density at radius 2 is 1.81 bits per heavy atom. The molecule has 2 N–H and O–H groups in total. The third-order valence-corrected chi connectivity index (χ3v) is 4.98. The highest BCUT2D eigenvalue weighted by Crippen LogP contribution is 2.29. The van der Waals surface area contributed by atoms with Crippen LogP contribution in [0.5, 0.6) is 11.5 Å². The third-order valence-electron chi connectivity index (χ3n) is 3.59. The van der Waals surface area contributed by atoms with Gasteiger partial charge in [-0.2, -0.15) is 0 Å². The maximum absolute atomic E-state index is 12.6. The highest BCUT2D eigenvalue weighted by molar-refractivity contribution is 7.92. The molecule has 27 heavy (non-hydrogen) atoms. The van der Waals surface area contributed by atoms with E-state index in [0.717, 1.165) is 5.76 Å². The number of anilines is 2. The van der Waals surface area contributed by atoms with Crippen molar-refractivity contribution in [1.82, 2.24) is 10.2 Å². The minimum Gasteiger partial charge on any atom is -0.497 e. The number of furan rings is 1. The molecule has 0 aliphatic rings. The Morgan fingerprint density at radius 3 is 2.44 bits per heavy atom. The Kier molecular flexibility index (Phi) is 5.46. The zero-order chi connectivity index (χ0) is 19.3. The van der Waals surface area contributed by atoms with Gasteiger partial charge in [0.15, 0.2) is 5.82 Å². The molecule has 2 heterocycles. The zero-order valence-corrected chi connectivity index (χ0v) is 15.5. The van der Waals surface area contributed by atoms with Gasteiger partial charge in [-0.1, -0.05) is 0 Å². The number of aromatic nitrogens is 2. The molecule has 2 aromatic heterocycles. The molecular formula is C17H18N4O5S. The summed E-state index contributed by atoms with van der Waals surface area (Å²) >= 11 is 0. The zero-order valence-electron chi connectivity index (χ0n) is 14.7. The first-order chi connectivity index (χ1) is 13.0. The molecule has 3 aromatic rings. The molecule has 1 aromatic carbocycles. The lowest BCUT2D eigenvalue weighted by Crippen LogP contribution is -2.15. The van der Waals surface area contributed by atoms with E-state index < -0.39 is 10.0 Å². The smallest absolute Gasteiger partial charge is 0.266 e. The monoisotopic (exact) mass is 390 g/mol. The van der Waals surface area contributed by atoms with Gasteiger partial charge < -0.3 is 19.2 Å². The average Bonchev–Trinajstić information content (AvgIpc) is 3.20. The Balaban J connectivity index is 1.72. The summed E-state index contributed by atoms with van der Waals surface area (Å²) in [4.78, 5) is -0.0346. The number of hydrogen-bond acceptors (Lipinski definition) is 8. The SMILES string of the molecule is COc1ccc(S(=O)(=O)Nc2ccc(NCc3ccco3)nn2)c(OC)c1.